The topological polar surface area (TPSA) is 78.3 Å². The molecule has 2 N–H and O–H groups in total. The Bertz CT molecular complexity index is 884. The summed E-state index contributed by atoms with van der Waals surface area (Å²) in [5.41, 5.74) is 8.30. The van der Waals surface area contributed by atoms with Gasteiger partial charge in [-0.2, -0.15) is 0 Å². The molecule has 106 valence electrons. The molecule has 0 aliphatic rings. The Morgan fingerprint density at radius 1 is 1.14 bits per heavy atom. The van der Waals surface area contributed by atoms with E-state index in [4.69, 9.17) is 14.9 Å². The Morgan fingerprint density at radius 2 is 1.95 bits per heavy atom. The third kappa shape index (κ3) is 2.58. The maximum atomic E-state index is 11.4. The molecule has 0 saturated heterocycles. The van der Waals surface area contributed by atoms with Crippen LogP contribution in [0.15, 0.2) is 45.7 Å². The van der Waals surface area contributed by atoms with E-state index in [1.54, 1.807) is 24.4 Å². The van der Waals surface area contributed by atoms with E-state index in [0.29, 0.717) is 22.9 Å². The lowest BCUT2D eigenvalue weighted by atomic mass is 10.1. The largest absolute Gasteiger partial charge is 0.439 e. The molecule has 3 aromatic rings. The quantitative estimate of drug-likeness (QED) is 0.730. The van der Waals surface area contributed by atoms with Crippen molar-refractivity contribution in [1.82, 2.24) is 4.98 Å². The van der Waals surface area contributed by atoms with Crippen LogP contribution in [0.25, 0.3) is 11.0 Å². The zero-order valence-electron chi connectivity index (χ0n) is 11.7. The second-order valence-corrected chi connectivity index (χ2v) is 4.89. The summed E-state index contributed by atoms with van der Waals surface area (Å²) in [5.74, 6) is 0.930. The number of benzene rings is 1. The molecular weight excluding hydrogens is 268 g/mol. The third-order valence-corrected chi connectivity index (χ3v) is 3.27. The van der Waals surface area contributed by atoms with Crippen molar-refractivity contribution in [3.8, 4) is 11.6 Å². The molecule has 21 heavy (non-hydrogen) atoms. The summed E-state index contributed by atoms with van der Waals surface area (Å²) < 4.78 is 10.8. The second kappa shape index (κ2) is 4.94. The number of anilines is 1. The van der Waals surface area contributed by atoms with Crippen LogP contribution in [0.2, 0.25) is 0 Å². The van der Waals surface area contributed by atoms with Gasteiger partial charge in [-0.25, -0.2) is 9.78 Å². The molecule has 2 aromatic heterocycles. The van der Waals surface area contributed by atoms with Gasteiger partial charge in [-0.05, 0) is 37.1 Å². The van der Waals surface area contributed by atoms with Gasteiger partial charge in [0.15, 0.2) is 0 Å². The smallest absolute Gasteiger partial charge is 0.336 e. The van der Waals surface area contributed by atoms with E-state index in [9.17, 15) is 4.79 Å². The minimum absolute atomic E-state index is 0.380. The number of aromatic nitrogens is 1. The molecule has 0 spiro atoms. The van der Waals surface area contributed by atoms with Crippen LogP contribution < -0.4 is 16.1 Å². The fraction of sp³-hybridized carbons (Fsp3) is 0.125. The summed E-state index contributed by atoms with van der Waals surface area (Å²) >= 11 is 0. The van der Waals surface area contributed by atoms with Gasteiger partial charge in [0.05, 0.1) is 0 Å². The van der Waals surface area contributed by atoms with Gasteiger partial charge in [0.2, 0.25) is 5.88 Å². The van der Waals surface area contributed by atoms with E-state index in [1.807, 2.05) is 19.9 Å². The Balaban J connectivity index is 2.01. The van der Waals surface area contributed by atoms with Gasteiger partial charge >= 0.3 is 5.63 Å². The summed E-state index contributed by atoms with van der Waals surface area (Å²) in [4.78, 5) is 15.6. The van der Waals surface area contributed by atoms with Crippen molar-refractivity contribution in [1.29, 1.82) is 0 Å². The summed E-state index contributed by atoms with van der Waals surface area (Å²) in [6, 6.07) is 8.44. The van der Waals surface area contributed by atoms with Gasteiger partial charge < -0.3 is 14.9 Å². The fourth-order valence-electron chi connectivity index (χ4n) is 2.06. The number of nitrogens with two attached hydrogens (primary N) is 1. The van der Waals surface area contributed by atoms with Crippen LogP contribution in [0.5, 0.6) is 11.6 Å². The van der Waals surface area contributed by atoms with E-state index < -0.39 is 0 Å². The first-order valence-corrected chi connectivity index (χ1v) is 6.47. The number of ether oxygens (including phenoxy) is 1. The summed E-state index contributed by atoms with van der Waals surface area (Å²) in [7, 11) is 0. The second-order valence-electron chi connectivity index (χ2n) is 4.89. The molecule has 0 aliphatic carbocycles. The normalized spacial score (nSPS) is 10.8. The third-order valence-electron chi connectivity index (χ3n) is 3.27. The van der Waals surface area contributed by atoms with Crippen LogP contribution in [0.3, 0.4) is 0 Å². The first-order chi connectivity index (χ1) is 10.0. The lowest BCUT2D eigenvalue weighted by Gasteiger charge is -2.07. The van der Waals surface area contributed by atoms with Crippen molar-refractivity contribution in [2.45, 2.75) is 13.8 Å². The first kappa shape index (κ1) is 13.2. The summed E-state index contributed by atoms with van der Waals surface area (Å²) in [5, 5.41) is 0.873. The van der Waals surface area contributed by atoms with Crippen molar-refractivity contribution in [2.75, 3.05) is 5.73 Å². The van der Waals surface area contributed by atoms with Gasteiger partial charge in [0.25, 0.3) is 0 Å². The Morgan fingerprint density at radius 3 is 2.71 bits per heavy atom. The molecule has 5 nitrogen and oxygen atoms in total. The van der Waals surface area contributed by atoms with Gasteiger partial charge in [-0.3, -0.25) is 0 Å². The molecule has 0 saturated carbocycles. The average molecular weight is 282 g/mol. The van der Waals surface area contributed by atoms with E-state index in [-0.39, 0.29) is 5.63 Å². The molecule has 0 radical (unpaired) electrons. The standard InChI is InChI=1S/C16H14N2O3/c1-9-5-16(19)21-14-6-11(3-4-12(9)14)20-15-7-13(17)10(2)8-18-15/h3-8H,1-2H3,(H2,17,18). The predicted octanol–water partition coefficient (Wildman–Crippen LogP) is 3.18. The van der Waals surface area contributed by atoms with E-state index in [0.717, 1.165) is 16.5 Å². The monoisotopic (exact) mass is 282 g/mol. The summed E-state index contributed by atoms with van der Waals surface area (Å²) in [6.07, 6.45) is 1.65. The maximum Gasteiger partial charge on any atom is 0.336 e. The van der Waals surface area contributed by atoms with Gasteiger partial charge in [0, 0.05) is 35.5 Å². The lowest BCUT2D eigenvalue weighted by Crippen LogP contribution is -1.98. The molecule has 0 unspecified atom stereocenters. The molecule has 0 bridgehead atoms. The Hall–Kier alpha value is -2.82. The minimum atomic E-state index is -0.380. The fourth-order valence-corrected chi connectivity index (χ4v) is 2.06. The van der Waals surface area contributed by atoms with Crippen LogP contribution in [-0.4, -0.2) is 4.98 Å². The number of rotatable bonds is 2. The molecule has 0 atom stereocenters. The lowest BCUT2D eigenvalue weighted by molar-refractivity contribution is 0.461. The summed E-state index contributed by atoms with van der Waals surface area (Å²) in [6.45, 7) is 3.74. The number of aryl methyl sites for hydroxylation is 2. The number of fused-ring (bicyclic) bond motifs is 1. The Labute approximate surface area is 121 Å². The molecule has 0 amide bonds. The molecular formula is C16H14N2O3. The van der Waals surface area contributed by atoms with Gasteiger partial charge in [-0.15, -0.1) is 0 Å². The van der Waals surface area contributed by atoms with E-state index >= 15 is 0 Å². The van der Waals surface area contributed by atoms with Crippen molar-refractivity contribution < 1.29 is 9.15 Å². The zero-order valence-corrected chi connectivity index (χ0v) is 11.7. The van der Waals surface area contributed by atoms with Gasteiger partial charge in [-0.1, -0.05) is 0 Å². The van der Waals surface area contributed by atoms with E-state index in [2.05, 4.69) is 4.98 Å². The first-order valence-electron chi connectivity index (χ1n) is 6.47. The number of nitrogen functional groups attached to an aromatic ring is 1. The molecule has 2 heterocycles. The van der Waals surface area contributed by atoms with Crippen molar-refractivity contribution in [3.63, 3.8) is 0 Å². The zero-order chi connectivity index (χ0) is 15.0. The van der Waals surface area contributed by atoms with Crippen LogP contribution in [0.1, 0.15) is 11.1 Å². The number of hydrogen-bond donors (Lipinski definition) is 1. The van der Waals surface area contributed by atoms with Crippen LogP contribution >= 0.6 is 0 Å². The predicted molar refractivity (Wildman–Crippen MR) is 80.7 cm³/mol. The highest BCUT2D eigenvalue weighted by Crippen LogP contribution is 2.26. The van der Waals surface area contributed by atoms with Crippen LogP contribution in [0, 0.1) is 13.8 Å². The average Bonchev–Trinajstić information content (AvgIpc) is 2.42. The van der Waals surface area contributed by atoms with Crippen LogP contribution in [-0.2, 0) is 0 Å². The molecule has 0 fully saturated rings. The van der Waals surface area contributed by atoms with Crippen molar-refractivity contribution in [3.05, 3.63) is 58.1 Å². The molecule has 3 rings (SSSR count). The SMILES string of the molecule is Cc1cnc(Oc2ccc3c(C)cc(=O)oc3c2)cc1N. The number of hydrogen-bond acceptors (Lipinski definition) is 5. The molecule has 5 heteroatoms. The molecule has 1 aromatic carbocycles. The van der Waals surface area contributed by atoms with E-state index in [1.165, 1.54) is 6.07 Å². The maximum absolute atomic E-state index is 11.4. The van der Waals surface area contributed by atoms with Gasteiger partial charge in [0.1, 0.15) is 11.3 Å². The highest BCUT2D eigenvalue weighted by Gasteiger charge is 2.06. The van der Waals surface area contributed by atoms with Crippen LogP contribution in [0.4, 0.5) is 5.69 Å². The minimum Gasteiger partial charge on any atom is -0.439 e. The highest BCUT2D eigenvalue weighted by molar-refractivity contribution is 5.81. The van der Waals surface area contributed by atoms with Crippen molar-refractivity contribution >= 4 is 16.7 Å². The molecule has 0 aliphatic heterocycles. The number of pyridine rings is 1. The highest BCUT2D eigenvalue weighted by atomic mass is 16.5. The Kier molecular flexibility index (Phi) is 3.10. The van der Waals surface area contributed by atoms with Crippen molar-refractivity contribution in [2.24, 2.45) is 0 Å². The number of nitrogens with zero attached hydrogens (tertiary/aromatic N) is 1.